The second kappa shape index (κ2) is 4.32. The lowest BCUT2D eigenvalue weighted by Gasteiger charge is -2.05. The van der Waals surface area contributed by atoms with Crippen LogP contribution in [0.5, 0.6) is 0 Å². The highest BCUT2D eigenvalue weighted by Crippen LogP contribution is 2.21. The van der Waals surface area contributed by atoms with Crippen LogP contribution in [0.4, 0.5) is 0 Å². The molecule has 16 heavy (non-hydrogen) atoms. The normalized spacial score (nSPS) is 10.1. The Morgan fingerprint density at radius 3 is 2.62 bits per heavy atom. The summed E-state index contributed by atoms with van der Waals surface area (Å²) < 4.78 is 6.25. The SMILES string of the molecule is COC(=O)c1ccc(-n2cnnc2)c(Cl)c1. The number of benzene rings is 1. The summed E-state index contributed by atoms with van der Waals surface area (Å²) >= 11 is 6.04. The molecule has 2 aromatic rings. The van der Waals surface area contributed by atoms with Gasteiger partial charge in [-0.2, -0.15) is 0 Å². The van der Waals surface area contributed by atoms with Gasteiger partial charge in [0.05, 0.1) is 23.4 Å². The number of nitrogens with zero attached hydrogens (tertiary/aromatic N) is 3. The van der Waals surface area contributed by atoms with Gasteiger partial charge in [-0.1, -0.05) is 11.6 Å². The number of carbonyl (C=O) groups is 1. The van der Waals surface area contributed by atoms with Crippen molar-refractivity contribution in [3.05, 3.63) is 41.4 Å². The highest BCUT2D eigenvalue weighted by atomic mass is 35.5. The number of esters is 1. The molecule has 0 saturated heterocycles. The lowest BCUT2D eigenvalue weighted by Crippen LogP contribution is -2.02. The van der Waals surface area contributed by atoms with Crippen LogP contribution in [0.25, 0.3) is 5.69 Å². The molecule has 1 aromatic heterocycles. The molecule has 0 atom stereocenters. The fourth-order valence-electron chi connectivity index (χ4n) is 1.29. The maximum atomic E-state index is 11.3. The summed E-state index contributed by atoms with van der Waals surface area (Å²) in [5.41, 5.74) is 1.11. The molecule has 0 radical (unpaired) electrons. The van der Waals surface area contributed by atoms with E-state index in [-0.39, 0.29) is 0 Å². The molecular weight excluding hydrogens is 230 g/mol. The average molecular weight is 238 g/mol. The predicted octanol–water partition coefficient (Wildman–Crippen LogP) is 1.71. The van der Waals surface area contributed by atoms with Crippen molar-refractivity contribution in [2.45, 2.75) is 0 Å². The first-order chi connectivity index (χ1) is 7.72. The Bertz CT molecular complexity index is 511. The van der Waals surface area contributed by atoms with E-state index < -0.39 is 5.97 Å². The monoisotopic (exact) mass is 237 g/mol. The summed E-state index contributed by atoms with van der Waals surface area (Å²) in [5.74, 6) is -0.419. The molecule has 0 aliphatic carbocycles. The Labute approximate surface area is 96.6 Å². The van der Waals surface area contributed by atoms with E-state index in [0.29, 0.717) is 16.3 Å². The maximum absolute atomic E-state index is 11.3. The maximum Gasteiger partial charge on any atom is 0.337 e. The van der Waals surface area contributed by atoms with Gasteiger partial charge in [-0.05, 0) is 18.2 Å². The third kappa shape index (κ3) is 1.90. The summed E-state index contributed by atoms with van der Waals surface area (Å²) in [6.07, 6.45) is 3.05. The van der Waals surface area contributed by atoms with Crippen molar-refractivity contribution in [2.24, 2.45) is 0 Å². The van der Waals surface area contributed by atoms with Crippen molar-refractivity contribution in [3.63, 3.8) is 0 Å². The number of halogens is 1. The molecule has 0 bridgehead atoms. The fourth-order valence-corrected chi connectivity index (χ4v) is 1.56. The Kier molecular flexibility index (Phi) is 2.87. The Morgan fingerprint density at radius 2 is 2.06 bits per heavy atom. The van der Waals surface area contributed by atoms with E-state index in [4.69, 9.17) is 11.6 Å². The van der Waals surface area contributed by atoms with Gasteiger partial charge in [-0.15, -0.1) is 10.2 Å². The van der Waals surface area contributed by atoms with Crippen molar-refractivity contribution in [1.29, 1.82) is 0 Å². The molecule has 5 nitrogen and oxygen atoms in total. The standard InChI is InChI=1S/C10H8ClN3O2/c1-16-10(15)7-2-3-9(8(11)4-7)14-5-12-13-6-14/h2-6H,1H3. The second-order valence-corrected chi connectivity index (χ2v) is 3.43. The summed E-state index contributed by atoms with van der Waals surface area (Å²) in [4.78, 5) is 11.3. The highest BCUT2D eigenvalue weighted by molar-refractivity contribution is 6.32. The minimum absolute atomic E-state index is 0.407. The van der Waals surface area contributed by atoms with E-state index in [2.05, 4.69) is 14.9 Å². The molecule has 6 heteroatoms. The van der Waals surface area contributed by atoms with E-state index in [1.165, 1.54) is 19.8 Å². The second-order valence-electron chi connectivity index (χ2n) is 3.03. The number of methoxy groups -OCH3 is 1. The molecule has 0 unspecified atom stereocenters. The molecule has 0 fully saturated rings. The van der Waals surface area contributed by atoms with Gasteiger partial charge < -0.3 is 4.74 Å². The van der Waals surface area contributed by atoms with Crippen LogP contribution < -0.4 is 0 Å². The molecule has 82 valence electrons. The summed E-state index contributed by atoms with van der Waals surface area (Å²) in [5, 5.41) is 7.79. The first-order valence-electron chi connectivity index (χ1n) is 4.45. The lowest BCUT2D eigenvalue weighted by molar-refractivity contribution is 0.0601. The Hall–Kier alpha value is -1.88. The van der Waals surface area contributed by atoms with Crippen LogP contribution in [0.15, 0.2) is 30.9 Å². The van der Waals surface area contributed by atoms with Gasteiger partial charge in [0, 0.05) is 0 Å². The van der Waals surface area contributed by atoms with Gasteiger partial charge in [-0.3, -0.25) is 4.57 Å². The van der Waals surface area contributed by atoms with Crippen molar-refractivity contribution in [1.82, 2.24) is 14.8 Å². The first kappa shape index (κ1) is 10.6. The van der Waals surface area contributed by atoms with Gasteiger partial charge in [0.1, 0.15) is 12.7 Å². The zero-order chi connectivity index (χ0) is 11.5. The smallest absolute Gasteiger partial charge is 0.337 e. The van der Waals surface area contributed by atoms with E-state index in [1.54, 1.807) is 22.8 Å². The molecule has 2 rings (SSSR count). The Balaban J connectivity index is 2.41. The van der Waals surface area contributed by atoms with Crippen molar-refractivity contribution >= 4 is 17.6 Å². The molecule has 1 heterocycles. The first-order valence-corrected chi connectivity index (χ1v) is 4.83. The van der Waals surface area contributed by atoms with Crippen LogP contribution in [-0.2, 0) is 4.74 Å². The van der Waals surface area contributed by atoms with Gasteiger partial charge in [0.15, 0.2) is 0 Å². The molecule has 0 amide bonds. The van der Waals surface area contributed by atoms with Gasteiger partial charge in [0.2, 0.25) is 0 Å². The molecule has 0 N–H and O–H groups in total. The van der Waals surface area contributed by atoms with Crippen LogP contribution >= 0.6 is 11.6 Å². The average Bonchev–Trinajstić information content (AvgIpc) is 2.81. The van der Waals surface area contributed by atoms with Crippen LogP contribution in [0.3, 0.4) is 0 Å². The number of ether oxygens (including phenoxy) is 1. The van der Waals surface area contributed by atoms with Crippen LogP contribution in [-0.4, -0.2) is 27.8 Å². The number of aromatic nitrogens is 3. The fraction of sp³-hybridized carbons (Fsp3) is 0.100. The largest absolute Gasteiger partial charge is 0.465 e. The zero-order valence-corrected chi connectivity index (χ0v) is 9.18. The highest BCUT2D eigenvalue weighted by Gasteiger charge is 2.09. The molecule has 1 aromatic carbocycles. The molecular formula is C10H8ClN3O2. The van der Waals surface area contributed by atoms with Gasteiger partial charge >= 0.3 is 5.97 Å². The van der Waals surface area contributed by atoms with Crippen LogP contribution in [0.1, 0.15) is 10.4 Å². The van der Waals surface area contributed by atoms with Gasteiger partial charge in [-0.25, -0.2) is 4.79 Å². The number of hydrogen-bond acceptors (Lipinski definition) is 4. The van der Waals surface area contributed by atoms with E-state index in [1.807, 2.05) is 0 Å². The molecule has 0 aliphatic rings. The van der Waals surface area contributed by atoms with E-state index >= 15 is 0 Å². The van der Waals surface area contributed by atoms with Gasteiger partial charge in [0.25, 0.3) is 0 Å². The van der Waals surface area contributed by atoms with Crippen molar-refractivity contribution < 1.29 is 9.53 Å². The van der Waals surface area contributed by atoms with E-state index in [9.17, 15) is 4.79 Å². The quantitative estimate of drug-likeness (QED) is 0.746. The number of carbonyl (C=O) groups excluding carboxylic acids is 1. The zero-order valence-electron chi connectivity index (χ0n) is 8.42. The predicted molar refractivity (Wildman–Crippen MR) is 57.7 cm³/mol. The van der Waals surface area contributed by atoms with Crippen LogP contribution in [0, 0.1) is 0 Å². The lowest BCUT2D eigenvalue weighted by atomic mass is 10.2. The molecule has 0 aliphatic heterocycles. The summed E-state index contributed by atoms with van der Waals surface area (Å²) in [7, 11) is 1.32. The van der Waals surface area contributed by atoms with Crippen molar-refractivity contribution in [3.8, 4) is 5.69 Å². The van der Waals surface area contributed by atoms with Crippen molar-refractivity contribution in [2.75, 3.05) is 7.11 Å². The number of hydrogen-bond donors (Lipinski definition) is 0. The van der Waals surface area contributed by atoms with E-state index in [0.717, 1.165) is 0 Å². The number of rotatable bonds is 2. The summed E-state index contributed by atoms with van der Waals surface area (Å²) in [6, 6.07) is 4.88. The minimum Gasteiger partial charge on any atom is -0.465 e. The minimum atomic E-state index is -0.419. The summed E-state index contributed by atoms with van der Waals surface area (Å²) in [6.45, 7) is 0. The van der Waals surface area contributed by atoms with Crippen LogP contribution in [0.2, 0.25) is 5.02 Å². The topological polar surface area (TPSA) is 57.0 Å². The third-order valence-corrected chi connectivity index (χ3v) is 2.37. The molecule has 0 saturated carbocycles. The molecule has 0 spiro atoms. The Morgan fingerprint density at radius 1 is 1.38 bits per heavy atom. The third-order valence-electron chi connectivity index (χ3n) is 2.07.